The number of H-pyrrole nitrogens is 2. The summed E-state index contributed by atoms with van der Waals surface area (Å²) in [5, 5.41) is 15.4. The van der Waals surface area contributed by atoms with Gasteiger partial charge in [-0.05, 0) is 149 Å². The van der Waals surface area contributed by atoms with Crippen molar-refractivity contribution >= 4 is 39.1 Å². The van der Waals surface area contributed by atoms with E-state index in [9.17, 15) is 24.3 Å². The molecule has 15 heteroatoms. The zero-order chi connectivity index (χ0) is 51.5. The average molecular weight is 1040 g/mol. The standard InChI is InChI=1S/C31H40N4O4.C25H34BrN3O3/c1-6-35(25-9-11-39-12-10-25)29-15-23(22-7-8-24(18-36)32-16-22)14-27(21(29)5)30(37)33-17-28-26(19(2)3)13-20(4)34-31(28)38;1-6-29(19-7-9-32-10-8-19)23-13-18(26)12-21(17(23)5)24(30)27-14-22-20(15(2)3)11-16(4)28-25(22)31/h7-8,13-16,19,25,36H,6,9-12,17-18H2,1-5H3,(H,33,37)(H,34,38);11-13,15,19H,6-10,14H2,1-5H3,(H,27,30)(H,28,31). The molecule has 0 atom stereocenters. The smallest absolute Gasteiger partial charge is 0.253 e. The van der Waals surface area contributed by atoms with Crippen molar-refractivity contribution in [2.45, 2.75) is 139 Å². The number of aliphatic hydroxyl groups is 1. The maximum Gasteiger partial charge on any atom is 0.253 e. The van der Waals surface area contributed by atoms with Crippen molar-refractivity contribution in [2.24, 2.45) is 0 Å². The van der Waals surface area contributed by atoms with Crippen LogP contribution in [0.3, 0.4) is 0 Å². The third-order valence-corrected chi connectivity index (χ3v) is 14.3. The first-order chi connectivity index (χ1) is 33.9. The number of aliphatic hydroxyl groups excluding tert-OH is 1. The molecular weight excluding hydrogens is 963 g/mol. The van der Waals surface area contributed by atoms with Crippen LogP contribution in [-0.4, -0.2) is 83.5 Å². The number of halogens is 1. The zero-order valence-corrected chi connectivity index (χ0v) is 44.9. The molecule has 5 N–H and O–H groups in total. The summed E-state index contributed by atoms with van der Waals surface area (Å²) < 4.78 is 12.0. The van der Waals surface area contributed by atoms with Crippen molar-refractivity contribution in [1.82, 2.24) is 25.6 Å². The number of aromatic nitrogens is 3. The molecule has 2 aliphatic heterocycles. The van der Waals surface area contributed by atoms with Crippen LogP contribution in [0.5, 0.6) is 0 Å². The van der Waals surface area contributed by atoms with Crippen LogP contribution < -0.4 is 31.6 Å². The Bertz CT molecular complexity index is 2760. The van der Waals surface area contributed by atoms with Gasteiger partial charge in [0.1, 0.15) is 0 Å². The average Bonchev–Trinajstić information content (AvgIpc) is 3.35. The number of rotatable bonds is 16. The molecule has 2 aliphatic rings. The number of carbonyl (C=O) groups excluding carboxylic acids is 2. The summed E-state index contributed by atoms with van der Waals surface area (Å²) in [6.45, 7) is 25.1. The molecule has 3 aromatic heterocycles. The highest BCUT2D eigenvalue weighted by atomic mass is 79.9. The number of pyridine rings is 3. The predicted octanol–water partition coefficient (Wildman–Crippen LogP) is 9.42. The maximum atomic E-state index is 13.7. The number of aryl methyl sites for hydroxylation is 2. The van der Waals surface area contributed by atoms with Crippen LogP contribution in [-0.2, 0) is 29.2 Å². The Morgan fingerprint density at radius 3 is 1.55 bits per heavy atom. The molecule has 5 aromatic rings. The van der Waals surface area contributed by atoms with E-state index in [0.717, 1.165) is 126 Å². The van der Waals surface area contributed by atoms with Crippen molar-refractivity contribution in [1.29, 1.82) is 0 Å². The quantitative estimate of drug-likeness (QED) is 0.0639. The maximum absolute atomic E-state index is 13.7. The molecule has 0 unspecified atom stereocenters. The second kappa shape index (κ2) is 25.2. The van der Waals surface area contributed by atoms with Crippen molar-refractivity contribution in [3.8, 4) is 11.1 Å². The van der Waals surface area contributed by atoms with E-state index in [0.29, 0.717) is 40.0 Å². The fourth-order valence-corrected chi connectivity index (χ4v) is 10.4. The first-order valence-corrected chi connectivity index (χ1v) is 26.0. The lowest BCUT2D eigenvalue weighted by molar-refractivity contribution is 0.0845. The van der Waals surface area contributed by atoms with E-state index < -0.39 is 0 Å². The van der Waals surface area contributed by atoms with Gasteiger partial charge in [0.05, 0.1) is 12.3 Å². The SMILES string of the molecule is CCN(c1cc(-c2ccc(CO)nc2)cc(C(=O)NCc2c(C(C)C)cc(C)[nH]c2=O)c1C)C1CCOCC1.CCN(c1cc(Br)cc(C(=O)NCc2c(C(C)C)cc(C)[nH]c2=O)c1C)C1CCOCC1. The highest BCUT2D eigenvalue weighted by Crippen LogP contribution is 2.35. The van der Waals surface area contributed by atoms with Gasteiger partial charge in [-0.2, -0.15) is 0 Å². The van der Waals surface area contributed by atoms with Gasteiger partial charge in [0, 0.05) is 126 Å². The molecule has 2 amide bonds. The Labute approximate surface area is 427 Å². The molecule has 2 saturated heterocycles. The van der Waals surface area contributed by atoms with Crippen molar-refractivity contribution < 1.29 is 24.2 Å². The normalized spacial score (nSPS) is 14.3. The number of anilines is 2. The van der Waals surface area contributed by atoms with E-state index >= 15 is 0 Å². The van der Waals surface area contributed by atoms with E-state index in [2.05, 4.69) is 91.1 Å². The van der Waals surface area contributed by atoms with Gasteiger partial charge >= 0.3 is 0 Å². The zero-order valence-electron chi connectivity index (χ0n) is 43.3. The second-order valence-electron chi connectivity index (χ2n) is 19.3. The minimum atomic E-state index is -0.228. The summed E-state index contributed by atoms with van der Waals surface area (Å²) in [6, 6.07) is 16.4. The van der Waals surface area contributed by atoms with Gasteiger partial charge in [0.2, 0.25) is 0 Å². The summed E-state index contributed by atoms with van der Waals surface area (Å²) in [6.07, 6.45) is 5.55. The molecule has 382 valence electrons. The van der Waals surface area contributed by atoms with Gasteiger partial charge in [-0.3, -0.25) is 24.2 Å². The largest absolute Gasteiger partial charge is 0.390 e. The van der Waals surface area contributed by atoms with Crippen molar-refractivity contribution in [3.63, 3.8) is 0 Å². The summed E-state index contributed by atoms with van der Waals surface area (Å²) in [5.74, 6) is -0.0581. The Hall–Kier alpha value is -5.61. The number of carbonyl (C=O) groups is 2. The number of benzene rings is 2. The predicted molar refractivity (Wildman–Crippen MR) is 287 cm³/mol. The minimum absolute atomic E-state index is 0.128. The number of ether oxygens (including phenoxy) is 2. The third kappa shape index (κ3) is 13.5. The van der Waals surface area contributed by atoms with Crippen molar-refractivity contribution in [3.05, 3.63) is 141 Å². The molecule has 0 aliphatic carbocycles. The number of hydrogen-bond acceptors (Lipinski definition) is 10. The molecule has 0 saturated carbocycles. The van der Waals surface area contributed by atoms with E-state index in [-0.39, 0.29) is 54.5 Å². The molecule has 71 heavy (non-hydrogen) atoms. The van der Waals surface area contributed by atoms with Gasteiger partial charge in [-0.15, -0.1) is 0 Å². The minimum Gasteiger partial charge on any atom is -0.390 e. The molecule has 14 nitrogen and oxygen atoms in total. The topological polar surface area (TPSA) is 182 Å². The van der Waals surface area contributed by atoms with Gasteiger partial charge in [0.15, 0.2) is 0 Å². The lowest BCUT2D eigenvalue weighted by atomic mass is 9.95. The number of aromatic amines is 2. The number of nitrogens with zero attached hydrogens (tertiary/aromatic N) is 3. The van der Waals surface area contributed by atoms with E-state index in [1.54, 1.807) is 12.3 Å². The van der Waals surface area contributed by atoms with Gasteiger partial charge < -0.3 is 45.0 Å². The number of hydrogen-bond donors (Lipinski definition) is 5. The highest BCUT2D eigenvalue weighted by molar-refractivity contribution is 9.10. The molecule has 2 fully saturated rings. The summed E-state index contributed by atoms with van der Waals surface area (Å²) >= 11 is 3.60. The molecule has 0 radical (unpaired) electrons. The van der Waals surface area contributed by atoms with E-state index in [1.807, 2.05) is 71.9 Å². The highest BCUT2D eigenvalue weighted by Gasteiger charge is 2.27. The molecule has 0 bridgehead atoms. The van der Waals surface area contributed by atoms with E-state index in [1.165, 1.54) is 0 Å². The van der Waals surface area contributed by atoms with Crippen LogP contribution in [0.15, 0.2) is 68.8 Å². The Morgan fingerprint density at radius 1 is 0.690 bits per heavy atom. The molecule has 5 heterocycles. The first kappa shape index (κ1) is 54.7. The summed E-state index contributed by atoms with van der Waals surface area (Å²) in [5.41, 5.74) is 11.9. The van der Waals surface area contributed by atoms with Crippen LogP contribution >= 0.6 is 15.9 Å². The summed E-state index contributed by atoms with van der Waals surface area (Å²) in [4.78, 5) is 67.1. The Kier molecular flexibility index (Phi) is 19.4. The van der Waals surface area contributed by atoms with Crippen LogP contribution in [0.4, 0.5) is 11.4 Å². The Morgan fingerprint density at radius 2 is 1.14 bits per heavy atom. The lowest BCUT2D eigenvalue weighted by Gasteiger charge is -2.37. The number of nitrogens with one attached hydrogen (secondary N) is 4. The monoisotopic (exact) mass is 1040 g/mol. The van der Waals surface area contributed by atoms with Crippen LogP contribution in [0.25, 0.3) is 11.1 Å². The van der Waals surface area contributed by atoms with Crippen LogP contribution in [0.1, 0.15) is 150 Å². The molecule has 0 spiro atoms. The fourth-order valence-electron chi connectivity index (χ4n) is 9.94. The number of amides is 2. The molecular formula is C56H74BrN7O7. The van der Waals surface area contributed by atoms with Crippen LogP contribution in [0, 0.1) is 27.7 Å². The van der Waals surface area contributed by atoms with Crippen molar-refractivity contribution in [2.75, 3.05) is 49.3 Å². The fraction of sp³-hybridized carbons (Fsp3) is 0.482. The van der Waals surface area contributed by atoms with Gasteiger partial charge in [-0.25, -0.2) is 0 Å². The first-order valence-electron chi connectivity index (χ1n) is 25.2. The second-order valence-corrected chi connectivity index (χ2v) is 20.2. The van der Waals surface area contributed by atoms with E-state index in [4.69, 9.17) is 9.47 Å². The Balaban J connectivity index is 0.000000237. The van der Waals surface area contributed by atoms with Crippen LogP contribution in [0.2, 0.25) is 0 Å². The molecule has 2 aromatic carbocycles. The van der Waals surface area contributed by atoms with Gasteiger partial charge in [-0.1, -0.05) is 49.7 Å². The molecule has 7 rings (SSSR count). The summed E-state index contributed by atoms with van der Waals surface area (Å²) in [7, 11) is 0. The van der Waals surface area contributed by atoms with Gasteiger partial charge in [0.25, 0.3) is 22.9 Å². The third-order valence-electron chi connectivity index (χ3n) is 13.8. The lowest BCUT2D eigenvalue weighted by Crippen LogP contribution is -2.40.